The molecule has 4 rings (SSSR count). The molecular weight excluding hydrogens is 370 g/mol. The molecule has 0 unspecified atom stereocenters. The lowest BCUT2D eigenvalue weighted by Gasteiger charge is -2.17. The Morgan fingerprint density at radius 2 is 1.90 bits per heavy atom. The van der Waals surface area contributed by atoms with Crippen LogP contribution in [0.1, 0.15) is 30.9 Å². The molecule has 30 heavy (non-hydrogen) atoms. The van der Waals surface area contributed by atoms with Gasteiger partial charge in [-0.05, 0) is 42.0 Å². The first kappa shape index (κ1) is 20.0. The van der Waals surface area contributed by atoms with Crippen LogP contribution in [0.25, 0.3) is 11.1 Å². The number of hydrogen-bond donors (Lipinski definition) is 2. The summed E-state index contributed by atoms with van der Waals surface area (Å²) in [6.45, 7) is 4.43. The molecule has 1 heterocycles. The summed E-state index contributed by atoms with van der Waals surface area (Å²) in [4.78, 5) is 8.97. The van der Waals surface area contributed by atoms with E-state index in [0.717, 1.165) is 31.9 Å². The van der Waals surface area contributed by atoms with Crippen LogP contribution in [0.15, 0.2) is 84.4 Å². The third-order valence-electron chi connectivity index (χ3n) is 5.31. The molecule has 0 amide bonds. The molecule has 0 atom stereocenters. The number of benzene rings is 2. The predicted octanol–water partition coefficient (Wildman–Crippen LogP) is 4.37. The van der Waals surface area contributed by atoms with E-state index in [9.17, 15) is 0 Å². The molecule has 0 bridgehead atoms. The molecule has 1 aliphatic rings. The van der Waals surface area contributed by atoms with Crippen LogP contribution in [-0.2, 0) is 13.1 Å². The highest BCUT2D eigenvalue weighted by atomic mass is 15.2. The maximum atomic E-state index is 4.86. The number of guanidine groups is 1. The lowest BCUT2D eigenvalue weighted by atomic mass is 9.98. The van der Waals surface area contributed by atoms with Gasteiger partial charge in [0.1, 0.15) is 0 Å². The molecule has 1 aliphatic carbocycles. The van der Waals surface area contributed by atoms with Crippen molar-refractivity contribution in [2.75, 3.05) is 6.54 Å². The summed E-state index contributed by atoms with van der Waals surface area (Å²) >= 11 is 0. The quantitative estimate of drug-likeness (QED) is 0.352. The zero-order valence-electron chi connectivity index (χ0n) is 17.5. The Hall–Kier alpha value is -3.34. The van der Waals surface area contributed by atoms with Crippen LogP contribution in [0.5, 0.6) is 0 Å². The number of aliphatic imine (C=N–C) groups is 1. The molecule has 0 saturated carbocycles. The van der Waals surface area contributed by atoms with Crippen LogP contribution in [0.2, 0.25) is 0 Å². The van der Waals surface area contributed by atoms with E-state index in [-0.39, 0.29) is 0 Å². The maximum absolute atomic E-state index is 4.86. The van der Waals surface area contributed by atoms with Crippen molar-refractivity contribution in [2.45, 2.75) is 38.9 Å². The summed E-state index contributed by atoms with van der Waals surface area (Å²) in [5.74, 6) is 0.886. The van der Waals surface area contributed by atoms with Gasteiger partial charge in [-0.2, -0.15) is 0 Å². The lowest BCUT2D eigenvalue weighted by molar-refractivity contribution is 0.633. The van der Waals surface area contributed by atoms with E-state index in [1.165, 1.54) is 22.3 Å². The molecular formula is C25H29N5. The fourth-order valence-electron chi connectivity index (χ4n) is 3.73. The van der Waals surface area contributed by atoms with E-state index in [4.69, 9.17) is 4.99 Å². The molecule has 1 aromatic heterocycles. The molecule has 154 valence electrons. The molecule has 2 N–H and O–H groups in total. The zero-order valence-corrected chi connectivity index (χ0v) is 17.5. The largest absolute Gasteiger partial charge is 0.357 e. The highest BCUT2D eigenvalue weighted by Gasteiger charge is 2.12. The van der Waals surface area contributed by atoms with E-state index < -0.39 is 0 Å². The first-order chi connectivity index (χ1) is 14.8. The highest BCUT2D eigenvalue weighted by molar-refractivity contribution is 5.80. The van der Waals surface area contributed by atoms with Gasteiger partial charge in [0.2, 0.25) is 0 Å². The Bertz CT molecular complexity index is 979. The number of imidazole rings is 1. The Labute approximate surface area is 178 Å². The Kier molecular flexibility index (Phi) is 6.60. The summed E-state index contributed by atoms with van der Waals surface area (Å²) in [5, 5.41) is 6.91. The Morgan fingerprint density at radius 1 is 1.10 bits per heavy atom. The van der Waals surface area contributed by atoms with Crippen molar-refractivity contribution in [3.05, 3.63) is 90.5 Å². The average molecular weight is 400 g/mol. The van der Waals surface area contributed by atoms with E-state index in [1.807, 2.05) is 18.7 Å². The second-order valence-electron chi connectivity index (χ2n) is 7.57. The SMILES string of the molecule is CCNC(=NCc1ccccc1-c1ccc(Cn2ccnc2)cc1)NC1CC=CC1. The molecule has 5 nitrogen and oxygen atoms in total. The third kappa shape index (κ3) is 5.17. The fraction of sp³-hybridized carbons (Fsp3) is 0.280. The molecule has 0 fully saturated rings. The summed E-state index contributed by atoms with van der Waals surface area (Å²) in [6.07, 6.45) is 12.2. The number of nitrogens with one attached hydrogen (secondary N) is 2. The molecule has 5 heteroatoms. The zero-order chi connectivity index (χ0) is 20.6. The van der Waals surface area contributed by atoms with Crippen LogP contribution < -0.4 is 10.6 Å². The average Bonchev–Trinajstić information content (AvgIpc) is 3.47. The normalized spacial score (nSPS) is 14.2. The van der Waals surface area contributed by atoms with E-state index >= 15 is 0 Å². The number of aromatic nitrogens is 2. The van der Waals surface area contributed by atoms with Crippen molar-refractivity contribution in [3.63, 3.8) is 0 Å². The van der Waals surface area contributed by atoms with Gasteiger partial charge in [-0.15, -0.1) is 0 Å². The molecule has 0 aliphatic heterocycles. The number of nitrogens with zero attached hydrogens (tertiary/aromatic N) is 3. The highest BCUT2D eigenvalue weighted by Crippen LogP contribution is 2.25. The van der Waals surface area contributed by atoms with E-state index in [0.29, 0.717) is 12.6 Å². The van der Waals surface area contributed by atoms with Crippen molar-refractivity contribution in [1.82, 2.24) is 20.2 Å². The van der Waals surface area contributed by atoms with Crippen molar-refractivity contribution in [2.24, 2.45) is 4.99 Å². The van der Waals surface area contributed by atoms with E-state index in [1.54, 1.807) is 0 Å². The monoisotopic (exact) mass is 399 g/mol. The molecule has 0 saturated heterocycles. The smallest absolute Gasteiger partial charge is 0.191 e. The first-order valence-corrected chi connectivity index (χ1v) is 10.6. The fourth-order valence-corrected chi connectivity index (χ4v) is 3.73. The van der Waals surface area contributed by atoms with Crippen LogP contribution >= 0.6 is 0 Å². The second-order valence-corrected chi connectivity index (χ2v) is 7.57. The summed E-state index contributed by atoms with van der Waals surface area (Å²) in [5.41, 5.74) is 4.93. The molecule has 0 spiro atoms. The van der Waals surface area contributed by atoms with Crippen LogP contribution in [0, 0.1) is 0 Å². The summed E-state index contributed by atoms with van der Waals surface area (Å²) in [7, 11) is 0. The third-order valence-corrected chi connectivity index (χ3v) is 5.31. The standard InChI is InChI=1S/C25H29N5/c1-2-27-25(29-23-8-4-5-9-23)28-17-22-7-3-6-10-24(22)21-13-11-20(12-14-21)18-30-16-15-26-19-30/h3-7,10-16,19,23H,2,8-9,17-18H2,1H3,(H2,27,28,29). The topological polar surface area (TPSA) is 54.2 Å². The molecule has 0 radical (unpaired) electrons. The van der Waals surface area contributed by atoms with Crippen LogP contribution in [0.4, 0.5) is 0 Å². The van der Waals surface area contributed by atoms with Gasteiger partial charge in [-0.3, -0.25) is 0 Å². The first-order valence-electron chi connectivity index (χ1n) is 10.6. The number of rotatable bonds is 7. The lowest BCUT2D eigenvalue weighted by Crippen LogP contribution is -2.42. The van der Waals surface area contributed by atoms with Gasteiger partial charge >= 0.3 is 0 Å². The van der Waals surface area contributed by atoms with Gasteiger partial charge in [0.15, 0.2) is 5.96 Å². The Morgan fingerprint density at radius 3 is 2.63 bits per heavy atom. The van der Waals surface area contributed by atoms with Gasteiger partial charge in [0.05, 0.1) is 12.9 Å². The minimum atomic E-state index is 0.445. The minimum absolute atomic E-state index is 0.445. The van der Waals surface area contributed by atoms with Gasteiger partial charge in [-0.1, -0.05) is 60.7 Å². The molecule has 2 aromatic carbocycles. The molecule has 3 aromatic rings. The Balaban J connectivity index is 1.48. The summed E-state index contributed by atoms with van der Waals surface area (Å²) < 4.78 is 2.08. The van der Waals surface area contributed by atoms with Gasteiger partial charge in [0, 0.05) is 31.5 Å². The van der Waals surface area contributed by atoms with Crippen molar-refractivity contribution in [3.8, 4) is 11.1 Å². The van der Waals surface area contributed by atoms with Crippen LogP contribution in [-0.4, -0.2) is 28.1 Å². The van der Waals surface area contributed by atoms with Gasteiger partial charge in [0.25, 0.3) is 0 Å². The maximum Gasteiger partial charge on any atom is 0.191 e. The minimum Gasteiger partial charge on any atom is -0.357 e. The summed E-state index contributed by atoms with van der Waals surface area (Å²) in [6, 6.07) is 17.7. The van der Waals surface area contributed by atoms with Gasteiger partial charge < -0.3 is 15.2 Å². The van der Waals surface area contributed by atoms with Crippen molar-refractivity contribution < 1.29 is 0 Å². The number of hydrogen-bond acceptors (Lipinski definition) is 2. The second kappa shape index (κ2) is 9.92. The van der Waals surface area contributed by atoms with Crippen molar-refractivity contribution >= 4 is 5.96 Å². The predicted molar refractivity (Wildman–Crippen MR) is 123 cm³/mol. The van der Waals surface area contributed by atoms with Crippen LogP contribution in [0.3, 0.4) is 0 Å². The van der Waals surface area contributed by atoms with Crippen molar-refractivity contribution in [1.29, 1.82) is 0 Å². The van der Waals surface area contributed by atoms with Gasteiger partial charge in [-0.25, -0.2) is 9.98 Å². The van der Waals surface area contributed by atoms with E-state index in [2.05, 4.69) is 87.8 Å².